The Labute approximate surface area is 176 Å². The molecule has 1 unspecified atom stereocenters. The van der Waals surface area contributed by atoms with Crippen molar-refractivity contribution in [2.24, 2.45) is 5.41 Å². The number of carbonyl (C=O) groups excluding carboxylic acids is 3. The largest absolute Gasteiger partial charge is 0.382 e. The number of hydrogen-bond acceptors (Lipinski definition) is 8. The van der Waals surface area contributed by atoms with Gasteiger partial charge >= 0.3 is 0 Å². The molecule has 0 aliphatic carbocycles. The van der Waals surface area contributed by atoms with Crippen molar-refractivity contribution in [3.05, 3.63) is 23.1 Å². The van der Waals surface area contributed by atoms with Gasteiger partial charge in [0.05, 0.1) is 36.6 Å². The van der Waals surface area contributed by atoms with Crippen molar-refractivity contribution in [3.63, 3.8) is 0 Å². The Morgan fingerprint density at radius 1 is 1.39 bits per heavy atom. The first-order chi connectivity index (χ1) is 14.8. The fraction of sp³-hybridized carbons (Fsp3) is 0.524. The lowest BCUT2D eigenvalue weighted by Crippen LogP contribution is -2.73. The predicted octanol–water partition coefficient (Wildman–Crippen LogP) is 1.04. The number of ether oxygens (including phenoxy) is 2. The average Bonchev–Trinajstić information content (AvgIpc) is 3.06. The number of ketones is 1. The molecule has 2 fully saturated rings. The zero-order valence-corrected chi connectivity index (χ0v) is 17.4. The van der Waals surface area contributed by atoms with E-state index < -0.39 is 47.4 Å². The standard InChI is InChI=1S/C21H22FN3O6/c1-9-7-25-17-11(4-12-10(2)24-31-18(12)16(17)22)6-21(19(25)13(30-9)8-29-3)14(26)5-15(27)23-20(21)28/h4,9,13,19H,5-8H2,1-3H3,(H,23,27,28)/t9-,13+,19-,21?/m1/s1. The number of nitrogens with one attached hydrogen (secondary N) is 1. The second-order valence-corrected chi connectivity index (χ2v) is 8.51. The van der Waals surface area contributed by atoms with E-state index >= 15 is 4.39 Å². The van der Waals surface area contributed by atoms with Gasteiger partial charge in [-0.05, 0) is 31.9 Å². The molecule has 10 heteroatoms. The van der Waals surface area contributed by atoms with E-state index in [9.17, 15) is 14.4 Å². The number of nitrogens with zero attached hydrogens (tertiary/aromatic N) is 2. The lowest BCUT2D eigenvalue weighted by molar-refractivity contribution is -0.161. The molecule has 0 radical (unpaired) electrons. The molecule has 3 aliphatic heterocycles. The lowest BCUT2D eigenvalue weighted by Gasteiger charge is -2.56. The molecule has 2 aromatic rings. The van der Waals surface area contributed by atoms with Gasteiger partial charge in [0, 0.05) is 19.0 Å². The highest BCUT2D eigenvalue weighted by Gasteiger charge is 2.63. The van der Waals surface area contributed by atoms with Gasteiger partial charge in [-0.3, -0.25) is 19.7 Å². The molecule has 1 spiro atoms. The van der Waals surface area contributed by atoms with E-state index in [-0.39, 0.29) is 36.9 Å². The van der Waals surface area contributed by atoms with Crippen LogP contribution in [0, 0.1) is 18.2 Å². The smallest absolute Gasteiger partial charge is 0.242 e. The number of piperidine rings is 1. The molecular weight excluding hydrogens is 409 g/mol. The van der Waals surface area contributed by atoms with E-state index in [1.807, 2.05) is 6.92 Å². The number of aromatic nitrogens is 1. The van der Waals surface area contributed by atoms with E-state index in [2.05, 4.69) is 10.5 Å². The maximum atomic E-state index is 15.7. The number of rotatable bonds is 2. The van der Waals surface area contributed by atoms with Gasteiger partial charge in [-0.2, -0.15) is 0 Å². The molecule has 4 heterocycles. The topological polar surface area (TPSA) is 111 Å². The molecule has 2 amide bonds. The molecule has 31 heavy (non-hydrogen) atoms. The molecule has 1 N–H and O–H groups in total. The van der Waals surface area contributed by atoms with Gasteiger partial charge < -0.3 is 18.9 Å². The van der Waals surface area contributed by atoms with Crippen LogP contribution >= 0.6 is 0 Å². The van der Waals surface area contributed by atoms with Gasteiger partial charge in [-0.15, -0.1) is 0 Å². The molecule has 164 valence electrons. The van der Waals surface area contributed by atoms with Crippen LogP contribution in [0.1, 0.15) is 24.6 Å². The van der Waals surface area contributed by atoms with Crippen molar-refractivity contribution < 1.29 is 32.8 Å². The number of Topliss-reactive ketones (excluding diaryl/α,β-unsaturated/α-hetero) is 1. The molecule has 0 saturated carbocycles. The summed E-state index contributed by atoms with van der Waals surface area (Å²) >= 11 is 0. The quantitative estimate of drug-likeness (QED) is 0.555. The van der Waals surface area contributed by atoms with Crippen LogP contribution in [0.15, 0.2) is 10.6 Å². The summed E-state index contributed by atoms with van der Waals surface area (Å²) in [5.74, 6) is -2.40. The SMILES string of the molecule is COC[C@@H]1O[C@H](C)CN2c3c(cc4c(C)noc4c3F)CC3(C(=O)CC(=O)NC3=O)[C@@H]12. The number of amides is 2. The van der Waals surface area contributed by atoms with E-state index in [1.54, 1.807) is 17.9 Å². The summed E-state index contributed by atoms with van der Waals surface area (Å²) in [6.45, 7) is 3.88. The number of hydrogen-bond donors (Lipinski definition) is 1. The van der Waals surface area contributed by atoms with Gasteiger partial charge in [0.15, 0.2) is 11.6 Å². The molecule has 1 aromatic heterocycles. The minimum absolute atomic E-state index is 0.0305. The first kappa shape index (κ1) is 20.1. The number of benzene rings is 1. The molecule has 3 aliphatic rings. The van der Waals surface area contributed by atoms with Crippen molar-refractivity contribution in [2.45, 2.75) is 44.9 Å². The first-order valence-corrected chi connectivity index (χ1v) is 10.1. The van der Waals surface area contributed by atoms with Crippen LogP contribution < -0.4 is 10.2 Å². The monoisotopic (exact) mass is 431 g/mol. The molecule has 1 aromatic carbocycles. The summed E-state index contributed by atoms with van der Waals surface area (Å²) in [4.78, 5) is 40.2. The second kappa shape index (κ2) is 6.83. The van der Waals surface area contributed by atoms with Crippen LogP contribution in [-0.2, 0) is 30.3 Å². The molecule has 5 rings (SSSR count). The van der Waals surface area contributed by atoms with Gasteiger partial charge in [0.2, 0.25) is 17.4 Å². The zero-order chi connectivity index (χ0) is 22.1. The minimum Gasteiger partial charge on any atom is -0.382 e. The number of anilines is 1. The number of imide groups is 1. The Morgan fingerprint density at radius 3 is 2.87 bits per heavy atom. The Hall–Kier alpha value is -2.85. The van der Waals surface area contributed by atoms with Crippen LogP contribution in [0.25, 0.3) is 11.0 Å². The number of morpholine rings is 1. The normalized spacial score (nSPS) is 30.5. The van der Waals surface area contributed by atoms with Crippen LogP contribution in [0.2, 0.25) is 0 Å². The van der Waals surface area contributed by atoms with Crippen LogP contribution in [0.4, 0.5) is 10.1 Å². The Balaban J connectivity index is 1.78. The fourth-order valence-corrected chi connectivity index (χ4v) is 5.35. The van der Waals surface area contributed by atoms with Crippen molar-refractivity contribution >= 4 is 34.3 Å². The molecule has 4 atom stereocenters. The number of halogens is 1. The van der Waals surface area contributed by atoms with Gasteiger partial charge in [-0.25, -0.2) is 4.39 Å². The van der Waals surface area contributed by atoms with Crippen molar-refractivity contribution in [3.8, 4) is 0 Å². The molecular formula is C21H22FN3O6. The summed E-state index contributed by atoms with van der Waals surface area (Å²) in [7, 11) is 1.49. The number of fused-ring (bicyclic) bond motifs is 5. The highest BCUT2D eigenvalue weighted by atomic mass is 19.1. The molecule has 9 nitrogen and oxygen atoms in total. The zero-order valence-electron chi connectivity index (χ0n) is 17.4. The number of methoxy groups -OCH3 is 1. The van der Waals surface area contributed by atoms with E-state index in [1.165, 1.54) is 7.11 Å². The number of carbonyl (C=O) groups is 3. The third-order valence-corrected chi connectivity index (χ3v) is 6.56. The Kier molecular flexibility index (Phi) is 4.42. The van der Waals surface area contributed by atoms with Crippen LogP contribution in [0.5, 0.6) is 0 Å². The summed E-state index contributed by atoms with van der Waals surface area (Å²) in [6, 6.07) is 0.882. The fourth-order valence-electron chi connectivity index (χ4n) is 5.35. The predicted molar refractivity (Wildman–Crippen MR) is 105 cm³/mol. The van der Waals surface area contributed by atoms with Gasteiger partial charge in [0.25, 0.3) is 0 Å². The third-order valence-electron chi connectivity index (χ3n) is 6.56. The van der Waals surface area contributed by atoms with Gasteiger partial charge in [-0.1, -0.05) is 5.16 Å². The maximum absolute atomic E-state index is 15.7. The molecule has 2 saturated heterocycles. The minimum atomic E-state index is -1.60. The second-order valence-electron chi connectivity index (χ2n) is 8.51. The third kappa shape index (κ3) is 2.67. The van der Waals surface area contributed by atoms with Crippen LogP contribution in [-0.4, -0.2) is 61.3 Å². The summed E-state index contributed by atoms with van der Waals surface area (Å²) in [6.07, 6.45) is -1.47. The summed E-state index contributed by atoms with van der Waals surface area (Å²) < 4.78 is 32.3. The van der Waals surface area contributed by atoms with Crippen molar-refractivity contribution in [1.29, 1.82) is 0 Å². The summed E-state index contributed by atoms with van der Waals surface area (Å²) in [5.41, 5.74) is -0.295. The Bertz CT molecular complexity index is 1110. The average molecular weight is 431 g/mol. The van der Waals surface area contributed by atoms with Crippen molar-refractivity contribution in [1.82, 2.24) is 10.5 Å². The van der Waals surface area contributed by atoms with E-state index in [4.69, 9.17) is 14.0 Å². The Morgan fingerprint density at radius 2 is 2.16 bits per heavy atom. The first-order valence-electron chi connectivity index (χ1n) is 10.1. The highest BCUT2D eigenvalue weighted by molar-refractivity contribution is 6.22. The highest BCUT2D eigenvalue weighted by Crippen LogP contribution is 2.50. The van der Waals surface area contributed by atoms with Crippen LogP contribution in [0.3, 0.4) is 0 Å². The molecule has 0 bridgehead atoms. The van der Waals surface area contributed by atoms with E-state index in [0.717, 1.165) is 0 Å². The number of aryl methyl sites for hydroxylation is 1. The van der Waals surface area contributed by atoms with Crippen molar-refractivity contribution in [2.75, 3.05) is 25.2 Å². The van der Waals surface area contributed by atoms with E-state index in [0.29, 0.717) is 16.6 Å². The summed E-state index contributed by atoms with van der Waals surface area (Å²) in [5, 5.41) is 6.67. The lowest BCUT2D eigenvalue weighted by atomic mass is 9.63. The van der Waals surface area contributed by atoms with Gasteiger partial charge in [0.1, 0.15) is 11.5 Å². The maximum Gasteiger partial charge on any atom is 0.242 e.